The molecule has 0 spiro atoms. The molecule has 0 bridgehead atoms. The number of rotatable bonds is 4. The van der Waals surface area contributed by atoms with Crippen LogP contribution in [0.4, 0.5) is 10.2 Å². The molecule has 0 radical (unpaired) electrons. The van der Waals surface area contributed by atoms with E-state index in [0.29, 0.717) is 12.4 Å². The van der Waals surface area contributed by atoms with Crippen molar-refractivity contribution in [2.45, 2.75) is 13.5 Å². The minimum Gasteiger partial charge on any atom is -0.372 e. The number of aryl methyl sites for hydroxylation is 1. The predicted molar refractivity (Wildman–Crippen MR) is 74.0 cm³/mol. The van der Waals surface area contributed by atoms with E-state index in [1.165, 1.54) is 6.07 Å². The Kier molecular flexibility index (Phi) is 4.11. The van der Waals surface area contributed by atoms with Crippen LogP contribution in [0.5, 0.6) is 0 Å². The van der Waals surface area contributed by atoms with Crippen LogP contribution in [0.1, 0.15) is 21.5 Å². The van der Waals surface area contributed by atoms with Crippen LogP contribution in [-0.4, -0.2) is 17.9 Å². The second-order valence-electron chi connectivity index (χ2n) is 4.06. The Bertz CT molecular complexity index is 597. The van der Waals surface area contributed by atoms with Crippen molar-refractivity contribution in [3.63, 3.8) is 0 Å². The first-order chi connectivity index (χ1) is 9.11. The zero-order valence-electron chi connectivity index (χ0n) is 10.7. The molecule has 2 N–H and O–H groups in total. The number of pyridine rings is 1. The van der Waals surface area contributed by atoms with E-state index >= 15 is 0 Å². The molecule has 0 aliphatic carbocycles. The Labute approximate surface area is 114 Å². The van der Waals surface area contributed by atoms with Gasteiger partial charge < -0.3 is 10.6 Å². The van der Waals surface area contributed by atoms with E-state index in [1.807, 2.05) is 17.7 Å². The number of thiophene rings is 1. The second-order valence-corrected chi connectivity index (χ2v) is 4.81. The molecule has 19 heavy (non-hydrogen) atoms. The van der Waals surface area contributed by atoms with E-state index in [0.717, 1.165) is 17.3 Å². The number of hydrogen-bond donors (Lipinski definition) is 2. The van der Waals surface area contributed by atoms with Crippen molar-refractivity contribution in [2.24, 2.45) is 0 Å². The highest BCUT2D eigenvalue weighted by Crippen LogP contribution is 2.15. The van der Waals surface area contributed by atoms with Crippen LogP contribution >= 0.6 is 11.3 Å². The molecule has 0 atom stereocenters. The first-order valence-corrected chi connectivity index (χ1v) is 6.69. The average Bonchev–Trinajstić information content (AvgIpc) is 2.81. The summed E-state index contributed by atoms with van der Waals surface area (Å²) in [4.78, 5) is 15.9. The molecule has 0 unspecified atom stereocenters. The summed E-state index contributed by atoms with van der Waals surface area (Å²) >= 11 is 1.59. The van der Waals surface area contributed by atoms with Gasteiger partial charge in [-0.1, -0.05) is 0 Å². The summed E-state index contributed by atoms with van der Waals surface area (Å²) in [6, 6.07) is 1.18. The predicted octanol–water partition coefficient (Wildman–Crippen LogP) is 2.56. The molecule has 0 saturated carbocycles. The third-order valence-electron chi connectivity index (χ3n) is 2.74. The maximum atomic E-state index is 13.2. The molecule has 2 heterocycles. The lowest BCUT2D eigenvalue weighted by Crippen LogP contribution is -2.24. The van der Waals surface area contributed by atoms with Crippen LogP contribution in [0, 0.1) is 12.7 Å². The molecule has 100 valence electrons. The van der Waals surface area contributed by atoms with Crippen molar-refractivity contribution in [2.75, 3.05) is 12.4 Å². The first kappa shape index (κ1) is 13.5. The van der Waals surface area contributed by atoms with Crippen LogP contribution in [0.15, 0.2) is 23.0 Å². The lowest BCUT2D eigenvalue weighted by atomic mass is 10.2. The minimum absolute atomic E-state index is 0.204. The van der Waals surface area contributed by atoms with Crippen molar-refractivity contribution >= 4 is 23.1 Å². The van der Waals surface area contributed by atoms with Crippen LogP contribution in [-0.2, 0) is 6.54 Å². The molecular weight excluding hydrogens is 265 g/mol. The van der Waals surface area contributed by atoms with Gasteiger partial charge in [0.15, 0.2) is 0 Å². The fourth-order valence-corrected chi connectivity index (χ4v) is 2.51. The summed E-state index contributed by atoms with van der Waals surface area (Å²) in [6.45, 7) is 2.41. The third-order valence-corrected chi connectivity index (χ3v) is 3.65. The fraction of sp³-hybridized carbons (Fsp3) is 0.231. The molecule has 0 aliphatic rings. The standard InChI is InChI=1S/C13H14FN3OS/c1-8-6-19-7-9(8)4-17-13(18)11-3-10(14)5-16-12(11)15-2/h3,5-7H,4H2,1-2H3,(H,15,16)(H,17,18). The van der Waals surface area contributed by atoms with E-state index in [-0.39, 0.29) is 11.5 Å². The van der Waals surface area contributed by atoms with Crippen molar-refractivity contribution in [3.8, 4) is 0 Å². The van der Waals surface area contributed by atoms with Crippen LogP contribution in [0.25, 0.3) is 0 Å². The molecule has 2 aromatic heterocycles. The lowest BCUT2D eigenvalue weighted by Gasteiger charge is -2.09. The topological polar surface area (TPSA) is 54.0 Å². The van der Waals surface area contributed by atoms with E-state index in [1.54, 1.807) is 18.4 Å². The third kappa shape index (κ3) is 3.08. The molecule has 1 amide bonds. The smallest absolute Gasteiger partial charge is 0.255 e. The molecule has 0 fully saturated rings. The van der Waals surface area contributed by atoms with Gasteiger partial charge in [-0.25, -0.2) is 9.37 Å². The Hall–Kier alpha value is -1.95. The Morgan fingerprint density at radius 2 is 2.26 bits per heavy atom. The number of carbonyl (C=O) groups is 1. The Morgan fingerprint density at radius 3 is 2.89 bits per heavy atom. The highest BCUT2D eigenvalue weighted by molar-refractivity contribution is 7.08. The molecule has 2 rings (SSSR count). The van der Waals surface area contributed by atoms with Gasteiger partial charge in [0.05, 0.1) is 11.8 Å². The number of anilines is 1. The normalized spacial score (nSPS) is 10.3. The zero-order chi connectivity index (χ0) is 13.8. The van der Waals surface area contributed by atoms with E-state index in [9.17, 15) is 9.18 Å². The molecule has 6 heteroatoms. The van der Waals surface area contributed by atoms with E-state index in [2.05, 4.69) is 15.6 Å². The lowest BCUT2D eigenvalue weighted by molar-refractivity contribution is 0.0951. The number of aromatic nitrogens is 1. The van der Waals surface area contributed by atoms with Crippen LogP contribution in [0.3, 0.4) is 0 Å². The number of amides is 1. The number of carbonyl (C=O) groups excluding carboxylic acids is 1. The van der Waals surface area contributed by atoms with E-state index < -0.39 is 5.82 Å². The van der Waals surface area contributed by atoms with Crippen LogP contribution in [0.2, 0.25) is 0 Å². The summed E-state index contributed by atoms with van der Waals surface area (Å²) < 4.78 is 13.2. The molecular formula is C13H14FN3OS. The van der Waals surface area contributed by atoms with Gasteiger partial charge in [0.2, 0.25) is 0 Å². The second kappa shape index (κ2) is 5.79. The van der Waals surface area contributed by atoms with Crippen molar-refractivity contribution in [3.05, 3.63) is 45.5 Å². The zero-order valence-corrected chi connectivity index (χ0v) is 11.5. The monoisotopic (exact) mass is 279 g/mol. The molecule has 0 aromatic carbocycles. The molecule has 4 nitrogen and oxygen atoms in total. The number of hydrogen-bond acceptors (Lipinski definition) is 4. The Balaban J connectivity index is 2.12. The molecule has 0 aliphatic heterocycles. The van der Waals surface area contributed by atoms with Gasteiger partial charge in [-0.3, -0.25) is 4.79 Å². The maximum absolute atomic E-state index is 13.2. The Morgan fingerprint density at radius 1 is 1.47 bits per heavy atom. The maximum Gasteiger partial charge on any atom is 0.255 e. The van der Waals surface area contributed by atoms with Crippen molar-refractivity contribution in [1.82, 2.24) is 10.3 Å². The highest BCUT2D eigenvalue weighted by atomic mass is 32.1. The summed E-state index contributed by atoms with van der Waals surface area (Å²) in [5.41, 5.74) is 2.40. The fourth-order valence-electron chi connectivity index (χ4n) is 1.65. The first-order valence-electron chi connectivity index (χ1n) is 5.75. The van der Waals surface area contributed by atoms with E-state index in [4.69, 9.17) is 0 Å². The number of halogens is 1. The average molecular weight is 279 g/mol. The van der Waals surface area contributed by atoms with Gasteiger partial charge in [0, 0.05) is 13.6 Å². The van der Waals surface area contributed by atoms with Crippen LogP contribution < -0.4 is 10.6 Å². The van der Waals surface area contributed by atoms with Gasteiger partial charge in [-0.2, -0.15) is 11.3 Å². The number of nitrogens with one attached hydrogen (secondary N) is 2. The van der Waals surface area contributed by atoms with Gasteiger partial charge in [-0.05, 0) is 34.9 Å². The quantitative estimate of drug-likeness (QED) is 0.904. The SMILES string of the molecule is CNc1ncc(F)cc1C(=O)NCc1cscc1C. The largest absolute Gasteiger partial charge is 0.372 e. The summed E-state index contributed by atoms with van der Waals surface area (Å²) in [7, 11) is 1.64. The van der Waals surface area contributed by atoms with Gasteiger partial charge >= 0.3 is 0 Å². The van der Waals surface area contributed by atoms with Gasteiger partial charge in [-0.15, -0.1) is 0 Å². The van der Waals surface area contributed by atoms with Gasteiger partial charge in [0.25, 0.3) is 5.91 Å². The summed E-state index contributed by atoms with van der Waals surface area (Å²) in [6.07, 6.45) is 1.08. The highest BCUT2D eigenvalue weighted by Gasteiger charge is 2.13. The summed E-state index contributed by atoms with van der Waals surface area (Å²) in [5, 5.41) is 9.54. The molecule has 2 aromatic rings. The molecule has 0 saturated heterocycles. The minimum atomic E-state index is -0.532. The number of nitrogens with zero attached hydrogens (tertiary/aromatic N) is 1. The summed E-state index contributed by atoms with van der Waals surface area (Å²) in [5.74, 6) is -0.515. The van der Waals surface area contributed by atoms with Crippen molar-refractivity contribution < 1.29 is 9.18 Å². The van der Waals surface area contributed by atoms with Gasteiger partial charge in [0.1, 0.15) is 11.6 Å². The van der Waals surface area contributed by atoms with Crippen molar-refractivity contribution in [1.29, 1.82) is 0 Å².